The van der Waals surface area contributed by atoms with Crippen molar-refractivity contribution in [2.24, 2.45) is 28.2 Å². The van der Waals surface area contributed by atoms with Gasteiger partial charge in [0.2, 0.25) is 35.6 Å². The van der Waals surface area contributed by atoms with E-state index in [0.717, 1.165) is 119 Å². The lowest BCUT2D eigenvalue weighted by atomic mass is 10.1. The van der Waals surface area contributed by atoms with Gasteiger partial charge in [-0.3, -0.25) is 37.9 Å². The van der Waals surface area contributed by atoms with E-state index >= 15 is 0 Å². The van der Waals surface area contributed by atoms with E-state index in [4.69, 9.17) is 56.9 Å². The summed E-state index contributed by atoms with van der Waals surface area (Å²) in [7, 11) is 27.0. The first-order valence-electron chi connectivity index (χ1n) is 44.9. The first-order chi connectivity index (χ1) is 70.6. The second-order valence-corrected chi connectivity index (χ2v) is 36.9. The molecule has 0 fully saturated rings. The number of amides is 4. The first-order valence-corrected chi connectivity index (χ1v) is 48.7. The van der Waals surface area contributed by atoms with E-state index in [2.05, 4.69) is 116 Å². The van der Waals surface area contributed by atoms with Crippen LogP contribution in [0.5, 0.6) is 28.7 Å². The van der Waals surface area contributed by atoms with Gasteiger partial charge in [0.15, 0.2) is 5.83 Å². The highest BCUT2D eigenvalue weighted by Gasteiger charge is 2.27. The molecule has 8 heterocycles. The topological polar surface area (TPSA) is 395 Å². The number of anilines is 12. The molecule has 0 saturated heterocycles. The molecule has 8 aromatic heterocycles. The maximum atomic E-state index is 13.2. The number of alkyl halides is 3. The Morgan fingerprint density at radius 3 is 0.939 bits per heavy atom. The number of carbonyl (C=O) groups is 4. The monoisotopic (exact) mass is 2090 g/mol. The fourth-order valence-electron chi connectivity index (χ4n) is 14.7. The molecule has 0 spiro atoms. The van der Waals surface area contributed by atoms with E-state index < -0.39 is 29.7 Å². The number of benzene rings is 8. The van der Waals surface area contributed by atoms with E-state index in [1.807, 2.05) is 212 Å². The minimum absolute atomic E-state index is 0.103. The second-order valence-electron chi connectivity index (χ2n) is 32.7. The van der Waals surface area contributed by atoms with Gasteiger partial charge in [-0.25, -0.2) is 44.3 Å². The number of allylic oxidation sites excluding steroid dienone is 1. The number of rotatable bonds is 37. The molecule has 0 saturated carbocycles. The number of fused-ring (bicyclic) bond motifs is 4. The number of hydrogen-bond acceptors (Lipinski definition) is 31. The fraction of sp³-hybridized carbons (Fsp3) is 0.216. The van der Waals surface area contributed by atoms with Crippen molar-refractivity contribution in [3.05, 3.63) is 242 Å². The van der Waals surface area contributed by atoms with Crippen LogP contribution in [0.15, 0.2) is 257 Å². The summed E-state index contributed by atoms with van der Waals surface area (Å²) in [5.41, 5.74) is 14.6. The molecule has 0 bridgehead atoms. The number of aromatic nitrogens is 16. The summed E-state index contributed by atoms with van der Waals surface area (Å²) in [6.45, 7) is 9.03. The van der Waals surface area contributed by atoms with Gasteiger partial charge in [-0.1, -0.05) is 109 Å². The Bertz CT molecular complexity index is 7550. The minimum atomic E-state index is -4.60. The maximum absolute atomic E-state index is 13.2. The van der Waals surface area contributed by atoms with E-state index in [0.29, 0.717) is 103 Å². The predicted molar refractivity (Wildman–Crippen MR) is 576 cm³/mol. The molecule has 762 valence electrons. The van der Waals surface area contributed by atoms with Gasteiger partial charge in [0.05, 0.1) is 154 Å². The van der Waals surface area contributed by atoms with Gasteiger partial charge in [0, 0.05) is 156 Å². The smallest absolute Gasteiger partial charge is 0.409 e. The third kappa shape index (κ3) is 28.7. The predicted octanol–water partition coefficient (Wildman–Crippen LogP) is 20.0. The highest BCUT2D eigenvalue weighted by Crippen LogP contribution is 2.45. The summed E-state index contributed by atoms with van der Waals surface area (Å²) in [4.78, 5) is 93.5. The van der Waals surface area contributed by atoms with Crippen LogP contribution in [-0.4, -0.2) is 238 Å². The Kier molecular flexibility index (Phi) is 37.4. The molecule has 0 unspecified atom stereocenters. The summed E-state index contributed by atoms with van der Waals surface area (Å²) >= 11 is 16.1. The molecule has 16 rings (SSSR count). The zero-order valence-electron chi connectivity index (χ0n) is 82.6. The van der Waals surface area contributed by atoms with Crippen LogP contribution in [0, 0.1) is 0 Å². The molecule has 0 aliphatic rings. The number of thioether (sulfide) groups is 3. The molecule has 4 amide bonds. The van der Waals surface area contributed by atoms with Crippen molar-refractivity contribution in [3.8, 4) is 74.3 Å². The fourth-order valence-corrected chi connectivity index (χ4v) is 18.2. The molecule has 45 heteroatoms. The van der Waals surface area contributed by atoms with Crippen LogP contribution in [-0.2, 0) is 47.4 Å². The number of nitrogens with one attached hydrogen (secondary N) is 8. The van der Waals surface area contributed by atoms with Crippen molar-refractivity contribution in [3.63, 3.8) is 0 Å². The Hall–Kier alpha value is -15.8. The summed E-state index contributed by atoms with van der Waals surface area (Å²) in [5, 5.41) is 45.4. The maximum Gasteiger partial charge on any atom is 0.409 e. The normalized spacial score (nSPS) is 11.3. The Labute approximate surface area is 866 Å². The van der Waals surface area contributed by atoms with E-state index in [1.165, 1.54) is 50.8 Å². The molecular weight excluding hydrogens is 1990 g/mol. The Balaban J connectivity index is 0.000000164. The van der Waals surface area contributed by atoms with Crippen LogP contribution in [0.25, 0.3) is 89.2 Å². The van der Waals surface area contributed by atoms with Gasteiger partial charge >= 0.3 is 6.18 Å². The third-order valence-corrected chi connectivity index (χ3v) is 24.9. The molecule has 147 heavy (non-hydrogen) atoms. The van der Waals surface area contributed by atoms with E-state index in [1.54, 1.807) is 108 Å². The molecular formula is C102H105Cl2F4N27O9S3. The quantitative estimate of drug-likeness (QED) is 0.0102. The lowest BCUT2D eigenvalue weighted by Crippen LogP contribution is -2.15. The number of halogens is 6. The molecule has 0 radical (unpaired) electrons. The zero-order chi connectivity index (χ0) is 105. The van der Waals surface area contributed by atoms with Crippen LogP contribution in [0.3, 0.4) is 0 Å². The van der Waals surface area contributed by atoms with E-state index in [-0.39, 0.29) is 40.3 Å². The molecule has 0 atom stereocenters. The molecule has 36 nitrogen and oxygen atoms in total. The lowest BCUT2D eigenvalue weighted by molar-refractivity contribution is -0.114. The van der Waals surface area contributed by atoms with Crippen LogP contribution >= 0.6 is 58.5 Å². The van der Waals surface area contributed by atoms with Crippen molar-refractivity contribution >= 4 is 195 Å². The van der Waals surface area contributed by atoms with Gasteiger partial charge < -0.3 is 80.9 Å². The van der Waals surface area contributed by atoms with Gasteiger partial charge in [0.25, 0.3) is 11.8 Å². The average Bonchev–Trinajstić information content (AvgIpc) is 1.65. The number of methoxy groups -OCH3 is 5. The summed E-state index contributed by atoms with van der Waals surface area (Å²) in [6.07, 6.45) is 3.62. The van der Waals surface area contributed by atoms with Crippen molar-refractivity contribution < 1.29 is 60.4 Å². The highest BCUT2D eigenvalue weighted by molar-refractivity contribution is 8.00. The summed E-state index contributed by atoms with van der Waals surface area (Å²) in [5.74, 6) is 2.09. The van der Waals surface area contributed by atoms with Crippen LogP contribution in [0.1, 0.15) is 0 Å². The van der Waals surface area contributed by atoms with Crippen molar-refractivity contribution in [2.45, 2.75) is 20.9 Å². The standard InChI is InChI=1S/C27H28F3N7O2S.2C26H28ClN7O2S.C23H21FN6O3/c1-36(2)13-14-40-23-16-22(39-4)20(15-21(23)32-24(38)9-11-27(28,29)30)34-26-31-12-10-19(33-26)25-17-7-5-6-8-18(17)35-37(25)3;1-16(27)25(35)29-21-14-20(22(36-5)15-23(21)37-13-12-33(2)3)31-26-28-11-10-19(30-26)24-17-8-6-7-9-18(17)32-34(24)4;1-33(2)13-14-37-23-16-22(36-4)20(15-21(23)29-24(35)9-11-27)31-26-28-12-10-19(30-26)25-17-7-5-6-8-18(17)32-34(25)3;1-13(24)22(31)26-17-11-18(20(33-4)12-19(17)32-3)28-23-25-10-9-16(27-23)21-14-7-5-6-8-15(14)29-30(21)2/h5-12,15-16H,13-14H2,1-4H3,(H,32,38)(H,31,33,34);6-11,14-15H,1,12-13H2,2-5H3,(H,29,35)(H,28,30,31);5-12,15-16H,13-14H2,1-4H3,(H,29,35)(H,28,30,31);5-12H,1H2,2-4H3,(H,26,31)(H,25,27,28)/b11-9+;;11-9+;. The largest absolute Gasteiger partial charge is 0.495 e. The molecule has 16 aromatic rings. The molecule has 0 aliphatic carbocycles. The van der Waals surface area contributed by atoms with Crippen molar-refractivity contribution in [1.82, 2.24) is 93.7 Å². The van der Waals surface area contributed by atoms with E-state index in [9.17, 15) is 36.7 Å². The molecule has 8 aromatic carbocycles. The Morgan fingerprint density at radius 1 is 0.388 bits per heavy atom. The molecule has 8 N–H and O–H groups in total. The van der Waals surface area contributed by atoms with Crippen molar-refractivity contribution in [1.29, 1.82) is 0 Å². The highest BCUT2D eigenvalue weighted by atomic mass is 35.5. The van der Waals surface area contributed by atoms with Crippen LogP contribution in [0.2, 0.25) is 0 Å². The van der Waals surface area contributed by atoms with Gasteiger partial charge in [-0.15, -0.1) is 35.3 Å². The second kappa shape index (κ2) is 50.6. The Morgan fingerprint density at radius 2 is 0.660 bits per heavy atom. The SMILES string of the molecule is C=C(Cl)C(=O)Nc1cc(Nc2nccc(-c3c4ccccc4nn3C)n2)c(OC)cc1SCCN(C)C.C=C(F)C(=O)Nc1cc(Nc2nccc(-c3c4ccccc4nn3C)n2)c(OC)cc1OC.COc1cc(SCCN(C)C)c(NC(=O)/C=C/C(F)(F)F)cc1Nc1nccc(-c2c3ccccc3nn2C)n1.COc1cc(SCCN(C)C)c(NC(=O)/C=C/Cl)cc1Nc1nccc(-c2c3ccccc3nn2C)n1. The average molecular weight is 2100 g/mol. The summed E-state index contributed by atoms with van der Waals surface area (Å²) in [6, 6.07) is 52.3. The zero-order valence-corrected chi connectivity index (χ0v) is 86.6. The van der Waals surface area contributed by atoms with Gasteiger partial charge in [-0.2, -0.15) is 33.6 Å². The number of aryl methyl sites for hydroxylation is 4. The van der Waals surface area contributed by atoms with Crippen molar-refractivity contribution in [2.75, 3.05) is 157 Å². The van der Waals surface area contributed by atoms with Gasteiger partial charge in [0.1, 0.15) is 28.7 Å². The number of ether oxygens (including phenoxy) is 5. The first kappa shape index (κ1) is 108. The number of nitrogens with zero attached hydrogens (tertiary/aromatic N) is 19. The number of carbonyl (C=O) groups excluding carboxylic acids is 4. The van der Waals surface area contributed by atoms with Crippen LogP contribution in [0.4, 0.5) is 86.9 Å². The lowest BCUT2D eigenvalue weighted by Gasteiger charge is -2.17. The summed E-state index contributed by atoms with van der Waals surface area (Å²) < 4.78 is 85.8. The van der Waals surface area contributed by atoms with Gasteiger partial charge in [-0.05, 0) is 133 Å². The van der Waals surface area contributed by atoms with Crippen LogP contribution < -0.4 is 66.2 Å². The minimum Gasteiger partial charge on any atom is -0.495 e. The number of hydrogen-bond donors (Lipinski definition) is 8. The third-order valence-electron chi connectivity index (χ3n) is 21.5. The molecule has 0 aliphatic heterocycles.